The second-order valence-corrected chi connectivity index (χ2v) is 6.07. The van der Waals surface area contributed by atoms with Gasteiger partial charge in [-0.1, -0.05) is 24.2 Å². The molecule has 0 bridgehead atoms. The summed E-state index contributed by atoms with van der Waals surface area (Å²) in [6.45, 7) is 1.85. The lowest BCUT2D eigenvalue weighted by molar-refractivity contribution is 0.317. The summed E-state index contributed by atoms with van der Waals surface area (Å²) < 4.78 is 14.6. The van der Waals surface area contributed by atoms with Crippen LogP contribution in [-0.4, -0.2) is 20.9 Å². The molecule has 1 atom stereocenters. The predicted molar refractivity (Wildman–Crippen MR) is 90.4 cm³/mol. The number of benzene rings is 1. The van der Waals surface area contributed by atoms with Crippen LogP contribution in [-0.2, 0) is 0 Å². The van der Waals surface area contributed by atoms with E-state index in [1.54, 1.807) is 12.3 Å². The minimum absolute atomic E-state index is 0.167. The predicted octanol–water partition coefficient (Wildman–Crippen LogP) is 4.51. The molecule has 0 fully saturated rings. The van der Waals surface area contributed by atoms with Crippen molar-refractivity contribution in [3.63, 3.8) is 0 Å². The number of oxime groups is 1. The van der Waals surface area contributed by atoms with Crippen molar-refractivity contribution in [1.29, 1.82) is 0 Å². The van der Waals surface area contributed by atoms with Gasteiger partial charge in [0, 0.05) is 28.2 Å². The Kier molecular flexibility index (Phi) is 4.34. The third-order valence-corrected chi connectivity index (χ3v) is 4.16. The van der Waals surface area contributed by atoms with Crippen LogP contribution in [0, 0.1) is 5.95 Å². The van der Waals surface area contributed by atoms with Crippen molar-refractivity contribution in [2.75, 3.05) is 0 Å². The first kappa shape index (κ1) is 15.6. The molecule has 0 aliphatic carbocycles. The Morgan fingerprint density at radius 3 is 2.87 bits per heavy atom. The summed E-state index contributed by atoms with van der Waals surface area (Å²) >= 11 is 3.26. The molecule has 1 aromatic carbocycles. The molecule has 6 heteroatoms. The fraction of sp³-hybridized carbons (Fsp3) is 0.118. The van der Waals surface area contributed by atoms with E-state index in [1.807, 2.05) is 37.3 Å². The van der Waals surface area contributed by atoms with E-state index in [9.17, 15) is 9.60 Å². The first-order chi connectivity index (χ1) is 11.1. The van der Waals surface area contributed by atoms with E-state index in [2.05, 4.69) is 31.1 Å². The highest BCUT2D eigenvalue weighted by molar-refractivity contribution is 9.10. The minimum Gasteiger partial charge on any atom is -0.411 e. The Morgan fingerprint density at radius 2 is 2.09 bits per heavy atom. The molecule has 0 aliphatic rings. The van der Waals surface area contributed by atoms with Gasteiger partial charge in [0.1, 0.15) is 0 Å². The summed E-state index contributed by atoms with van der Waals surface area (Å²) in [4.78, 5) is 7.93. The van der Waals surface area contributed by atoms with Gasteiger partial charge in [-0.2, -0.15) is 4.39 Å². The second kappa shape index (κ2) is 6.42. The molecule has 3 rings (SSSR count). The van der Waals surface area contributed by atoms with Gasteiger partial charge in [0.15, 0.2) is 0 Å². The van der Waals surface area contributed by atoms with E-state index in [-0.39, 0.29) is 17.2 Å². The van der Waals surface area contributed by atoms with E-state index in [1.165, 1.54) is 6.20 Å². The minimum atomic E-state index is -0.671. The third kappa shape index (κ3) is 3.07. The van der Waals surface area contributed by atoms with Crippen molar-refractivity contribution in [3.05, 3.63) is 70.3 Å². The Bertz CT molecular complexity index is 898. The lowest BCUT2D eigenvalue weighted by Gasteiger charge is -2.15. The molecule has 0 spiro atoms. The number of rotatable bonds is 3. The topological polar surface area (TPSA) is 58.4 Å². The Hall–Kier alpha value is -2.34. The van der Waals surface area contributed by atoms with Crippen molar-refractivity contribution < 1.29 is 9.60 Å². The molecule has 0 saturated carbocycles. The highest BCUT2D eigenvalue weighted by atomic mass is 79.9. The summed E-state index contributed by atoms with van der Waals surface area (Å²) in [7, 11) is 0. The standard InChI is InChI=1S/C17H13BrFN3O/c1-10(11-4-5-15-12(7-11)3-2-6-20-15)16(22-23)14-8-13(18)9-21-17(14)19/h2-10,23H,1H3. The van der Waals surface area contributed by atoms with Crippen molar-refractivity contribution in [1.82, 2.24) is 9.97 Å². The van der Waals surface area contributed by atoms with E-state index in [4.69, 9.17) is 0 Å². The first-order valence-electron chi connectivity index (χ1n) is 6.98. The molecule has 1 unspecified atom stereocenters. The van der Waals surface area contributed by atoms with Gasteiger partial charge < -0.3 is 5.21 Å². The number of aromatic nitrogens is 2. The molecule has 1 N–H and O–H groups in total. The number of hydrogen-bond donors (Lipinski definition) is 1. The van der Waals surface area contributed by atoms with Gasteiger partial charge in [-0.15, -0.1) is 0 Å². The molecular weight excluding hydrogens is 361 g/mol. The van der Waals surface area contributed by atoms with Crippen molar-refractivity contribution in [3.8, 4) is 0 Å². The maximum Gasteiger partial charge on any atom is 0.222 e. The maximum atomic E-state index is 14.0. The molecule has 0 radical (unpaired) electrons. The van der Waals surface area contributed by atoms with Crippen LogP contribution in [0.5, 0.6) is 0 Å². The summed E-state index contributed by atoms with van der Waals surface area (Å²) in [5.41, 5.74) is 2.17. The van der Waals surface area contributed by atoms with Gasteiger partial charge in [0.2, 0.25) is 5.95 Å². The molecule has 2 aromatic heterocycles. The third-order valence-electron chi connectivity index (χ3n) is 3.73. The lowest BCUT2D eigenvalue weighted by atomic mass is 9.91. The van der Waals surface area contributed by atoms with Crippen LogP contribution < -0.4 is 0 Å². The summed E-state index contributed by atoms with van der Waals surface area (Å²) in [6, 6.07) is 11.1. The Balaban J connectivity index is 2.05. The van der Waals surface area contributed by atoms with Gasteiger partial charge in [-0.05, 0) is 45.8 Å². The van der Waals surface area contributed by atoms with Crippen LogP contribution in [0.25, 0.3) is 10.9 Å². The summed E-state index contributed by atoms with van der Waals surface area (Å²) in [5, 5.41) is 13.7. The second-order valence-electron chi connectivity index (χ2n) is 5.15. The molecule has 23 heavy (non-hydrogen) atoms. The van der Waals surface area contributed by atoms with Crippen LogP contribution in [0.1, 0.15) is 24.0 Å². The van der Waals surface area contributed by atoms with Crippen LogP contribution in [0.4, 0.5) is 4.39 Å². The van der Waals surface area contributed by atoms with Crippen LogP contribution in [0.3, 0.4) is 0 Å². The van der Waals surface area contributed by atoms with E-state index < -0.39 is 5.95 Å². The van der Waals surface area contributed by atoms with Crippen molar-refractivity contribution >= 4 is 32.5 Å². The molecule has 0 saturated heterocycles. The number of halogens is 2. The van der Waals surface area contributed by atoms with E-state index in [0.29, 0.717) is 4.47 Å². The van der Waals surface area contributed by atoms with Crippen LogP contribution >= 0.6 is 15.9 Å². The summed E-state index contributed by atoms with van der Waals surface area (Å²) in [5.74, 6) is -0.981. The average molecular weight is 374 g/mol. The van der Waals surface area contributed by atoms with Crippen LogP contribution in [0.2, 0.25) is 0 Å². The zero-order chi connectivity index (χ0) is 16.4. The molecule has 4 nitrogen and oxygen atoms in total. The van der Waals surface area contributed by atoms with Crippen LogP contribution in [0.15, 0.2) is 58.4 Å². The van der Waals surface area contributed by atoms with Gasteiger partial charge in [0.05, 0.1) is 16.8 Å². The van der Waals surface area contributed by atoms with Crippen molar-refractivity contribution in [2.45, 2.75) is 12.8 Å². The monoisotopic (exact) mass is 373 g/mol. The SMILES string of the molecule is CC(C(=NO)c1cc(Br)cnc1F)c1ccc2ncccc2c1. The number of fused-ring (bicyclic) bond motifs is 1. The van der Waals surface area contributed by atoms with Gasteiger partial charge in [-0.25, -0.2) is 4.98 Å². The fourth-order valence-electron chi connectivity index (χ4n) is 2.50. The first-order valence-corrected chi connectivity index (χ1v) is 7.77. The molecule has 0 aliphatic heterocycles. The van der Waals surface area contributed by atoms with Crippen molar-refractivity contribution in [2.24, 2.45) is 5.16 Å². The Morgan fingerprint density at radius 1 is 1.26 bits per heavy atom. The smallest absolute Gasteiger partial charge is 0.222 e. The quantitative estimate of drug-likeness (QED) is 0.318. The molecule has 116 valence electrons. The number of hydrogen-bond acceptors (Lipinski definition) is 4. The normalized spacial score (nSPS) is 13.3. The van der Waals surface area contributed by atoms with E-state index in [0.717, 1.165) is 16.5 Å². The van der Waals surface area contributed by atoms with E-state index >= 15 is 0 Å². The zero-order valence-corrected chi connectivity index (χ0v) is 13.8. The fourth-order valence-corrected chi connectivity index (χ4v) is 2.83. The zero-order valence-electron chi connectivity index (χ0n) is 12.2. The van der Waals surface area contributed by atoms with Gasteiger partial charge in [-0.3, -0.25) is 4.98 Å². The van der Waals surface area contributed by atoms with Gasteiger partial charge >= 0.3 is 0 Å². The molecule has 0 amide bonds. The molecule has 2 heterocycles. The van der Waals surface area contributed by atoms with Gasteiger partial charge in [0.25, 0.3) is 0 Å². The molecule has 3 aromatic rings. The Labute approximate surface area is 140 Å². The molecular formula is C17H13BrFN3O. The summed E-state index contributed by atoms with van der Waals surface area (Å²) in [6.07, 6.45) is 3.09. The average Bonchev–Trinajstić information content (AvgIpc) is 2.58. The number of nitrogens with zero attached hydrogens (tertiary/aromatic N) is 3. The lowest BCUT2D eigenvalue weighted by Crippen LogP contribution is -2.14. The maximum absolute atomic E-state index is 14.0. The highest BCUT2D eigenvalue weighted by Crippen LogP contribution is 2.26. The number of pyridine rings is 2. The largest absolute Gasteiger partial charge is 0.411 e. The highest BCUT2D eigenvalue weighted by Gasteiger charge is 2.20.